The monoisotopic (exact) mass is 372 g/mol. The van der Waals surface area contributed by atoms with Crippen LogP contribution in [0, 0.1) is 5.82 Å². The van der Waals surface area contributed by atoms with Gasteiger partial charge in [0.15, 0.2) is 5.13 Å². The second-order valence-corrected chi connectivity index (χ2v) is 6.48. The fraction of sp³-hybridized carbons (Fsp3) is 0.0526. The predicted molar refractivity (Wildman–Crippen MR) is 101 cm³/mol. The summed E-state index contributed by atoms with van der Waals surface area (Å²) >= 11 is 7.22. The Kier molecular flexibility index (Phi) is 5.26. The molecule has 0 N–H and O–H groups in total. The number of benzene rings is 2. The third-order valence-corrected chi connectivity index (χ3v) is 4.61. The van der Waals surface area contributed by atoms with Crippen LogP contribution in [0.3, 0.4) is 0 Å². The summed E-state index contributed by atoms with van der Waals surface area (Å²) in [6.07, 6.45) is 1.57. The minimum absolute atomic E-state index is 0.0918. The number of anilines is 1. The maximum Gasteiger partial charge on any atom is 0.263 e. The van der Waals surface area contributed by atoms with Gasteiger partial charge in [-0.2, -0.15) is 0 Å². The third kappa shape index (κ3) is 3.78. The highest BCUT2D eigenvalue weighted by Gasteiger charge is 2.23. The molecule has 0 saturated heterocycles. The molecule has 0 aliphatic carbocycles. The smallest absolute Gasteiger partial charge is 0.263 e. The molecule has 1 heterocycles. The average Bonchev–Trinajstić information content (AvgIpc) is 3.11. The van der Waals surface area contributed by atoms with Crippen molar-refractivity contribution >= 4 is 34.0 Å². The fourth-order valence-corrected chi connectivity index (χ4v) is 3.33. The highest BCUT2D eigenvalue weighted by molar-refractivity contribution is 7.14. The predicted octanol–water partition coefficient (Wildman–Crippen LogP) is 5.44. The van der Waals surface area contributed by atoms with Gasteiger partial charge in [-0.3, -0.25) is 9.69 Å². The molecule has 0 saturated carbocycles. The van der Waals surface area contributed by atoms with Crippen LogP contribution in [-0.4, -0.2) is 17.4 Å². The molecular formula is C19H14ClFN2OS. The Morgan fingerprint density at radius 3 is 2.76 bits per heavy atom. The van der Waals surface area contributed by atoms with Crippen LogP contribution >= 0.6 is 22.9 Å². The lowest BCUT2D eigenvalue weighted by Gasteiger charge is -2.18. The Bertz CT molecular complexity index is 911. The molecule has 0 bridgehead atoms. The molecule has 0 atom stereocenters. The Morgan fingerprint density at radius 1 is 1.28 bits per heavy atom. The maximum atomic E-state index is 14.1. The van der Waals surface area contributed by atoms with E-state index in [-0.39, 0.29) is 12.1 Å². The lowest BCUT2D eigenvalue weighted by Crippen LogP contribution is -2.31. The van der Waals surface area contributed by atoms with E-state index in [1.165, 1.54) is 34.4 Å². The van der Waals surface area contributed by atoms with Gasteiger partial charge in [0, 0.05) is 22.5 Å². The molecule has 1 amide bonds. The molecule has 3 aromatic rings. The highest BCUT2D eigenvalue weighted by Crippen LogP contribution is 2.29. The standard InChI is InChI=1S/C19H14ClFN2OS/c1-2-10-23(18(24)15-11-14(20)8-9-16(15)21)19-22-17(12-25-19)13-6-4-3-5-7-13/h2-9,11-12H,1,10H2. The number of rotatable bonds is 5. The zero-order chi connectivity index (χ0) is 17.8. The molecule has 2 aromatic carbocycles. The summed E-state index contributed by atoms with van der Waals surface area (Å²) in [6, 6.07) is 13.5. The summed E-state index contributed by atoms with van der Waals surface area (Å²) in [7, 11) is 0. The zero-order valence-corrected chi connectivity index (χ0v) is 14.7. The van der Waals surface area contributed by atoms with Crippen molar-refractivity contribution in [2.24, 2.45) is 0 Å². The molecule has 25 heavy (non-hydrogen) atoms. The van der Waals surface area contributed by atoms with Gasteiger partial charge < -0.3 is 0 Å². The fourth-order valence-electron chi connectivity index (χ4n) is 2.31. The van der Waals surface area contributed by atoms with E-state index >= 15 is 0 Å². The van der Waals surface area contributed by atoms with Crippen molar-refractivity contribution in [1.29, 1.82) is 0 Å². The summed E-state index contributed by atoms with van der Waals surface area (Å²) in [5.74, 6) is -1.13. The lowest BCUT2D eigenvalue weighted by molar-refractivity contribution is 0.0986. The van der Waals surface area contributed by atoms with Gasteiger partial charge in [0.25, 0.3) is 5.91 Å². The van der Waals surface area contributed by atoms with E-state index in [9.17, 15) is 9.18 Å². The molecule has 3 nitrogen and oxygen atoms in total. The number of nitrogens with zero attached hydrogens (tertiary/aromatic N) is 2. The quantitative estimate of drug-likeness (QED) is 0.559. The average molecular weight is 373 g/mol. The molecule has 0 spiro atoms. The molecule has 126 valence electrons. The van der Waals surface area contributed by atoms with Gasteiger partial charge in [-0.1, -0.05) is 48.0 Å². The van der Waals surface area contributed by atoms with Crippen LogP contribution in [0.5, 0.6) is 0 Å². The van der Waals surface area contributed by atoms with Gasteiger partial charge in [-0.15, -0.1) is 17.9 Å². The molecule has 0 aliphatic rings. The Labute approximate surface area is 154 Å². The number of halogens is 2. The van der Waals surface area contributed by atoms with Gasteiger partial charge in [-0.05, 0) is 18.2 Å². The number of carbonyl (C=O) groups is 1. The van der Waals surface area contributed by atoms with Crippen molar-refractivity contribution in [2.75, 3.05) is 11.4 Å². The number of aromatic nitrogens is 1. The van der Waals surface area contributed by atoms with Gasteiger partial charge in [-0.25, -0.2) is 9.37 Å². The first-order chi connectivity index (χ1) is 12.1. The summed E-state index contributed by atoms with van der Waals surface area (Å²) in [5.41, 5.74) is 1.62. The van der Waals surface area contributed by atoms with Crippen molar-refractivity contribution in [3.8, 4) is 11.3 Å². The first-order valence-electron chi connectivity index (χ1n) is 7.49. The third-order valence-electron chi connectivity index (χ3n) is 3.51. The summed E-state index contributed by atoms with van der Waals surface area (Å²) in [6.45, 7) is 3.88. The largest absolute Gasteiger partial charge is 0.280 e. The SMILES string of the molecule is C=CCN(C(=O)c1cc(Cl)ccc1F)c1nc(-c2ccccc2)cs1. The number of carbonyl (C=O) groups excluding carboxylic acids is 1. The van der Waals surface area contributed by atoms with Crippen LogP contribution in [0.2, 0.25) is 5.02 Å². The number of amides is 1. The van der Waals surface area contributed by atoms with Crippen molar-refractivity contribution in [3.63, 3.8) is 0 Å². The van der Waals surface area contributed by atoms with E-state index in [0.717, 1.165) is 11.3 Å². The summed E-state index contributed by atoms with van der Waals surface area (Å²) in [4.78, 5) is 18.7. The molecule has 1 aromatic heterocycles. The lowest BCUT2D eigenvalue weighted by atomic mass is 10.2. The number of thiazole rings is 1. The second-order valence-electron chi connectivity index (χ2n) is 5.21. The van der Waals surface area contributed by atoms with Gasteiger partial charge in [0.2, 0.25) is 0 Å². The zero-order valence-electron chi connectivity index (χ0n) is 13.2. The van der Waals surface area contributed by atoms with Crippen molar-refractivity contribution in [1.82, 2.24) is 4.98 Å². The summed E-state index contributed by atoms with van der Waals surface area (Å²) in [5, 5.41) is 2.64. The van der Waals surface area contributed by atoms with E-state index in [0.29, 0.717) is 10.2 Å². The highest BCUT2D eigenvalue weighted by atomic mass is 35.5. The van der Waals surface area contributed by atoms with E-state index in [1.54, 1.807) is 6.08 Å². The molecule has 6 heteroatoms. The van der Waals surface area contributed by atoms with Crippen LogP contribution in [-0.2, 0) is 0 Å². The van der Waals surface area contributed by atoms with Crippen molar-refractivity contribution in [2.45, 2.75) is 0 Å². The molecule has 0 fully saturated rings. The van der Waals surface area contributed by atoms with Crippen LogP contribution in [0.25, 0.3) is 11.3 Å². The molecular weight excluding hydrogens is 359 g/mol. The Hall–Kier alpha value is -2.50. The van der Waals surface area contributed by atoms with Gasteiger partial charge in [0.1, 0.15) is 5.82 Å². The number of hydrogen-bond donors (Lipinski definition) is 0. The Morgan fingerprint density at radius 2 is 2.04 bits per heavy atom. The van der Waals surface area contributed by atoms with Crippen LogP contribution in [0.1, 0.15) is 10.4 Å². The maximum absolute atomic E-state index is 14.1. The van der Waals surface area contributed by atoms with Gasteiger partial charge >= 0.3 is 0 Å². The minimum Gasteiger partial charge on any atom is -0.280 e. The Balaban J connectivity index is 1.96. The van der Waals surface area contributed by atoms with E-state index in [1.807, 2.05) is 35.7 Å². The molecule has 0 unspecified atom stereocenters. The van der Waals surface area contributed by atoms with E-state index in [2.05, 4.69) is 11.6 Å². The van der Waals surface area contributed by atoms with E-state index < -0.39 is 11.7 Å². The van der Waals surface area contributed by atoms with Gasteiger partial charge in [0.05, 0.1) is 11.3 Å². The first-order valence-corrected chi connectivity index (χ1v) is 8.74. The minimum atomic E-state index is -0.622. The van der Waals surface area contributed by atoms with Crippen LogP contribution in [0.15, 0.2) is 66.6 Å². The van der Waals surface area contributed by atoms with Crippen LogP contribution < -0.4 is 4.90 Å². The molecule has 0 aliphatic heterocycles. The first kappa shape index (κ1) is 17.3. The van der Waals surface area contributed by atoms with Crippen LogP contribution in [0.4, 0.5) is 9.52 Å². The van der Waals surface area contributed by atoms with Crippen molar-refractivity contribution in [3.05, 3.63) is 83.0 Å². The summed E-state index contributed by atoms with van der Waals surface area (Å²) < 4.78 is 14.1. The number of hydrogen-bond acceptors (Lipinski definition) is 3. The van der Waals surface area contributed by atoms with E-state index in [4.69, 9.17) is 11.6 Å². The molecule has 3 rings (SSSR count). The van der Waals surface area contributed by atoms with Crippen molar-refractivity contribution < 1.29 is 9.18 Å². The normalized spacial score (nSPS) is 10.5. The topological polar surface area (TPSA) is 33.2 Å². The second kappa shape index (κ2) is 7.59. The molecule has 0 radical (unpaired) electrons.